The van der Waals surface area contributed by atoms with E-state index >= 15 is 0 Å². The Bertz CT molecular complexity index is 1410. The summed E-state index contributed by atoms with van der Waals surface area (Å²) >= 11 is 0. The number of hydrogen-bond donors (Lipinski definition) is 2. The first-order valence-corrected chi connectivity index (χ1v) is 11.4. The summed E-state index contributed by atoms with van der Waals surface area (Å²) in [7, 11) is 3.89. The molecule has 0 unspecified atom stereocenters. The SMILES string of the molecule is CCC(=O)N1N=C(c2c(O)n(-c3cc(C)cc(C)c3)c(=O)[nH]c2=O)C[C@@H]1c1ccc(N(C)C)cc1. The summed E-state index contributed by atoms with van der Waals surface area (Å²) < 4.78 is 1.06. The van der Waals surface area contributed by atoms with Crippen LogP contribution >= 0.6 is 0 Å². The van der Waals surface area contributed by atoms with Crippen LogP contribution in [0.25, 0.3) is 5.69 Å². The normalized spacial score (nSPS) is 15.3. The highest BCUT2D eigenvalue weighted by molar-refractivity contribution is 6.04. The molecule has 0 saturated heterocycles. The monoisotopic (exact) mass is 475 g/mol. The summed E-state index contributed by atoms with van der Waals surface area (Å²) in [5, 5.41) is 17.0. The number of anilines is 1. The first-order valence-electron chi connectivity index (χ1n) is 11.4. The lowest BCUT2D eigenvalue weighted by Crippen LogP contribution is -2.33. The first kappa shape index (κ1) is 24.0. The summed E-state index contributed by atoms with van der Waals surface area (Å²) in [4.78, 5) is 42.6. The van der Waals surface area contributed by atoms with E-state index in [0.29, 0.717) is 5.69 Å². The van der Waals surface area contributed by atoms with Gasteiger partial charge in [-0.3, -0.25) is 14.6 Å². The lowest BCUT2D eigenvalue weighted by atomic mass is 9.98. The van der Waals surface area contributed by atoms with Gasteiger partial charge in [0.05, 0.1) is 17.4 Å². The highest BCUT2D eigenvalue weighted by Crippen LogP contribution is 2.35. The maximum atomic E-state index is 12.9. The van der Waals surface area contributed by atoms with Crippen molar-refractivity contribution >= 4 is 17.3 Å². The van der Waals surface area contributed by atoms with Gasteiger partial charge in [-0.2, -0.15) is 5.10 Å². The van der Waals surface area contributed by atoms with Crippen LogP contribution in [0.4, 0.5) is 5.69 Å². The van der Waals surface area contributed by atoms with Gasteiger partial charge in [-0.25, -0.2) is 14.4 Å². The van der Waals surface area contributed by atoms with Crippen LogP contribution < -0.4 is 16.1 Å². The van der Waals surface area contributed by atoms with Crippen molar-refractivity contribution in [3.8, 4) is 11.6 Å². The van der Waals surface area contributed by atoms with Crippen molar-refractivity contribution in [1.82, 2.24) is 14.6 Å². The molecule has 9 heteroatoms. The molecule has 182 valence electrons. The number of hydrogen-bond acceptors (Lipinski definition) is 6. The van der Waals surface area contributed by atoms with E-state index in [2.05, 4.69) is 10.1 Å². The standard InChI is InChI=1S/C26H29N5O4/c1-6-22(32)31-21(17-7-9-18(10-8-17)29(4)5)14-20(28-31)23-24(33)27-26(35)30(25(23)34)19-12-15(2)11-16(3)13-19/h7-13,21,34H,6,14H2,1-5H3,(H,27,33,35)/t21-/m1/s1. The number of nitrogens with zero attached hydrogens (tertiary/aromatic N) is 4. The molecule has 2 aromatic carbocycles. The summed E-state index contributed by atoms with van der Waals surface area (Å²) in [6.45, 7) is 5.51. The number of carbonyl (C=O) groups excluding carboxylic acids is 1. The van der Waals surface area contributed by atoms with Crippen LogP contribution in [0.2, 0.25) is 0 Å². The molecule has 1 aliphatic heterocycles. The van der Waals surface area contributed by atoms with E-state index in [4.69, 9.17) is 0 Å². The number of hydrazone groups is 1. The number of aromatic hydroxyl groups is 1. The molecule has 3 aromatic rings. The molecule has 0 fully saturated rings. The fourth-order valence-electron chi connectivity index (χ4n) is 4.41. The third kappa shape index (κ3) is 4.49. The fourth-order valence-corrected chi connectivity index (χ4v) is 4.41. The topological polar surface area (TPSA) is 111 Å². The van der Waals surface area contributed by atoms with Gasteiger partial charge < -0.3 is 10.0 Å². The Morgan fingerprint density at radius 2 is 1.74 bits per heavy atom. The maximum absolute atomic E-state index is 12.9. The van der Waals surface area contributed by atoms with E-state index in [1.807, 2.05) is 63.2 Å². The quantitative estimate of drug-likeness (QED) is 0.589. The Labute approximate surface area is 203 Å². The molecule has 0 bridgehead atoms. The van der Waals surface area contributed by atoms with Crippen molar-refractivity contribution in [1.29, 1.82) is 0 Å². The highest BCUT2D eigenvalue weighted by atomic mass is 16.3. The van der Waals surface area contributed by atoms with Crippen molar-refractivity contribution in [2.75, 3.05) is 19.0 Å². The molecule has 1 aromatic heterocycles. The maximum Gasteiger partial charge on any atom is 0.335 e. The first-order chi connectivity index (χ1) is 16.6. The van der Waals surface area contributed by atoms with E-state index in [-0.39, 0.29) is 30.0 Å². The zero-order chi connectivity index (χ0) is 25.4. The van der Waals surface area contributed by atoms with Crippen LogP contribution in [0.15, 0.2) is 57.2 Å². The molecule has 0 aliphatic carbocycles. The lowest BCUT2D eigenvalue weighted by molar-refractivity contribution is -0.132. The van der Waals surface area contributed by atoms with Crippen LogP contribution in [-0.2, 0) is 4.79 Å². The number of benzene rings is 2. The Morgan fingerprint density at radius 3 is 2.31 bits per heavy atom. The fraction of sp³-hybridized carbons (Fsp3) is 0.308. The Balaban J connectivity index is 1.82. The van der Waals surface area contributed by atoms with Gasteiger partial charge >= 0.3 is 5.69 Å². The molecule has 2 N–H and O–H groups in total. The Kier molecular flexibility index (Phi) is 6.34. The summed E-state index contributed by atoms with van der Waals surface area (Å²) in [6.07, 6.45) is 0.447. The molecule has 9 nitrogen and oxygen atoms in total. The van der Waals surface area contributed by atoms with E-state index in [0.717, 1.165) is 26.9 Å². The molecular weight excluding hydrogens is 446 g/mol. The van der Waals surface area contributed by atoms with Gasteiger partial charge in [0.2, 0.25) is 11.8 Å². The van der Waals surface area contributed by atoms with Crippen molar-refractivity contribution in [3.05, 3.63) is 85.6 Å². The van der Waals surface area contributed by atoms with E-state index in [9.17, 15) is 19.5 Å². The molecule has 4 rings (SSSR count). The van der Waals surface area contributed by atoms with Crippen molar-refractivity contribution in [2.24, 2.45) is 5.10 Å². The molecule has 1 atom stereocenters. The van der Waals surface area contributed by atoms with Gasteiger partial charge in [-0.05, 0) is 54.8 Å². The molecule has 0 saturated carbocycles. The summed E-state index contributed by atoms with van der Waals surface area (Å²) in [5.74, 6) is -0.713. The zero-order valence-electron chi connectivity index (χ0n) is 20.5. The van der Waals surface area contributed by atoms with E-state index < -0.39 is 23.2 Å². The van der Waals surface area contributed by atoms with Gasteiger partial charge in [-0.15, -0.1) is 0 Å². The zero-order valence-corrected chi connectivity index (χ0v) is 20.5. The average molecular weight is 476 g/mol. The number of H-pyrrole nitrogens is 1. The minimum atomic E-state index is -0.753. The minimum absolute atomic E-state index is 0.120. The Morgan fingerprint density at radius 1 is 1.11 bits per heavy atom. The molecule has 0 spiro atoms. The van der Waals surface area contributed by atoms with E-state index in [1.54, 1.807) is 19.1 Å². The summed E-state index contributed by atoms with van der Waals surface area (Å²) in [6, 6.07) is 12.8. The van der Waals surface area contributed by atoms with E-state index in [1.165, 1.54) is 5.01 Å². The van der Waals surface area contributed by atoms with Crippen LogP contribution in [0.3, 0.4) is 0 Å². The number of carbonyl (C=O) groups is 1. The number of aryl methyl sites for hydroxylation is 2. The van der Waals surface area contributed by atoms with Crippen molar-refractivity contribution in [3.63, 3.8) is 0 Å². The average Bonchev–Trinajstić information content (AvgIpc) is 3.22. The predicted octanol–water partition coefficient (Wildman–Crippen LogP) is 3.00. The van der Waals surface area contributed by atoms with Crippen molar-refractivity contribution < 1.29 is 9.90 Å². The largest absolute Gasteiger partial charge is 0.493 e. The minimum Gasteiger partial charge on any atom is -0.493 e. The molecule has 1 amide bonds. The van der Waals surface area contributed by atoms with Gasteiger partial charge in [0.1, 0.15) is 5.56 Å². The third-order valence-corrected chi connectivity index (χ3v) is 6.10. The summed E-state index contributed by atoms with van der Waals surface area (Å²) in [5.41, 5.74) is 2.72. The second kappa shape index (κ2) is 9.25. The second-order valence-electron chi connectivity index (χ2n) is 8.98. The number of nitrogens with one attached hydrogen (secondary N) is 1. The number of amides is 1. The lowest BCUT2D eigenvalue weighted by Gasteiger charge is -2.22. The van der Waals surface area contributed by atoms with Gasteiger partial charge in [0.25, 0.3) is 5.56 Å². The van der Waals surface area contributed by atoms with Crippen LogP contribution in [0.1, 0.15) is 48.1 Å². The van der Waals surface area contributed by atoms with Gasteiger partial charge in [-0.1, -0.05) is 25.1 Å². The van der Waals surface area contributed by atoms with Crippen LogP contribution in [0, 0.1) is 13.8 Å². The molecule has 2 heterocycles. The highest BCUT2D eigenvalue weighted by Gasteiger charge is 2.35. The van der Waals surface area contributed by atoms with Crippen LogP contribution in [-0.4, -0.2) is 45.4 Å². The molecule has 1 aliphatic rings. The predicted molar refractivity (Wildman–Crippen MR) is 136 cm³/mol. The second-order valence-corrected chi connectivity index (χ2v) is 8.98. The number of aromatic amines is 1. The van der Waals surface area contributed by atoms with Gasteiger partial charge in [0, 0.05) is 32.6 Å². The molecular formula is C26H29N5O4. The molecule has 35 heavy (non-hydrogen) atoms. The third-order valence-electron chi connectivity index (χ3n) is 6.10. The molecule has 0 radical (unpaired) electrons. The smallest absolute Gasteiger partial charge is 0.335 e. The van der Waals surface area contributed by atoms with Gasteiger partial charge in [0.15, 0.2) is 0 Å². The Hall–Kier alpha value is -4.14. The number of aromatic nitrogens is 2. The number of rotatable bonds is 5. The van der Waals surface area contributed by atoms with Crippen molar-refractivity contribution in [2.45, 2.75) is 39.7 Å². The van der Waals surface area contributed by atoms with Crippen LogP contribution in [0.5, 0.6) is 5.88 Å².